The Balaban J connectivity index is 1.86. The van der Waals surface area contributed by atoms with Crippen molar-refractivity contribution in [2.24, 2.45) is 0 Å². The third-order valence-electron chi connectivity index (χ3n) is 2.70. The van der Waals surface area contributed by atoms with Gasteiger partial charge < -0.3 is 25.2 Å². The highest BCUT2D eigenvalue weighted by Gasteiger charge is 2.21. The van der Waals surface area contributed by atoms with Crippen LogP contribution >= 0.6 is 0 Å². The first-order chi connectivity index (χ1) is 9.65. The minimum Gasteiger partial charge on any atom is -0.482 e. The number of benzene rings is 1. The lowest BCUT2D eigenvalue weighted by Gasteiger charge is -2.22. The normalized spacial score (nSPS) is 18.3. The van der Waals surface area contributed by atoms with Gasteiger partial charge in [0, 0.05) is 18.8 Å². The Labute approximate surface area is 115 Å². The number of ether oxygens (including phenoxy) is 2. The fraction of sp³-hybridized carbons (Fsp3) is 0.385. The van der Waals surface area contributed by atoms with Crippen LogP contribution in [0.2, 0.25) is 0 Å². The lowest BCUT2D eigenvalue weighted by Crippen LogP contribution is -2.45. The molecular formula is C13H16N2O5. The minimum atomic E-state index is -1.04. The molecule has 0 saturated carbocycles. The molecule has 3 N–H and O–H groups in total. The fourth-order valence-corrected chi connectivity index (χ4v) is 1.74. The summed E-state index contributed by atoms with van der Waals surface area (Å²) < 4.78 is 10.3. The van der Waals surface area contributed by atoms with E-state index in [9.17, 15) is 9.59 Å². The van der Waals surface area contributed by atoms with Crippen LogP contribution in [0, 0.1) is 0 Å². The molecule has 7 nitrogen and oxygen atoms in total. The van der Waals surface area contributed by atoms with Crippen molar-refractivity contribution in [2.75, 3.05) is 31.6 Å². The van der Waals surface area contributed by atoms with Gasteiger partial charge >= 0.3 is 5.97 Å². The molecule has 1 saturated heterocycles. The van der Waals surface area contributed by atoms with E-state index in [-0.39, 0.29) is 5.91 Å². The van der Waals surface area contributed by atoms with Crippen LogP contribution < -0.4 is 15.4 Å². The highest BCUT2D eigenvalue weighted by atomic mass is 16.5. The van der Waals surface area contributed by atoms with Crippen LogP contribution in [0.3, 0.4) is 0 Å². The number of carbonyl (C=O) groups excluding carboxylic acids is 1. The summed E-state index contributed by atoms with van der Waals surface area (Å²) in [4.78, 5) is 22.2. The first kappa shape index (κ1) is 14.3. The number of carboxylic acid groups (broad SMARTS) is 1. The van der Waals surface area contributed by atoms with Gasteiger partial charge in [0.25, 0.3) is 5.91 Å². The molecule has 0 spiro atoms. The van der Waals surface area contributed by atoms with Crippen molar-refractivity contribution >= 4 is 17.6 Å². The molecule has 7 heteroatoms. The van der Waals surface area contributed by atoms with Crippen LogP contribution in [0.1, 0.15) is 0 Å². The van der Waals surface area contributed by atoms with E-state index in [0.29, 0.717) is 24.6 Å². The monoisotopic (exact) mass is 280 g/mol. The molecule has 20 heavy (non-hydrogen) atoms. The number of aliphatic carboxylic acids is 1. The first-order valence-electron chi connectivity index (χ1n) is 6.23. The number of rotatable bonds is 5. The molecule has 1 unspecified atom stereocenters. The second kappa shape index (κ2) is 6.88. The third-order valence-corrected chi connectivity index (χ3v) is 2.70. The van der Waals surface area contributed by atoms with Crippen LogP contribution in [-0.2, 0) is 14.3 Å². The number of anilines is 1. The maximum absolute atomic E-state index is 11.9. The van der Waals surface area contributed by atoms with Gasteiger partial charge in [-0.3, -0.25) is 4.79 Å². The molecule has 2 rings (SSSR count). The van der Waals surface area contributed by atoms with Crippen molar-refractivity contribution in [3.05, 3.63) is 24.3 Å². The molecule has 0 aliphatic carbocycles. The van der Waals surface area contributed by atoms with Crippen molar-refractivity contribution < 1.29 is 24.2 Å². The number of morpholine rings is 1. The van der Waals surface area contributed by atoms with E-state index in [0.717, 1.165) is 6.54 Å². The first-order valence-corrected chi connectivity index (χ1v) is 6.23. The van der Waals surface area contributed by atoms with E-state index in [2.05, 4.69) is 10.6 Å². The van der Waals surface area contributed by atoms with Gasteiger partial charge in [-0.15, -0.1) is 0 Å². The third kappa shape index (κ3) is 4.22. The summed E-state index contributed by atoms with van der Waals surface area (Å²) >= 11 is 0. The van der Waals surface area contributed by atoms with E-state index < -0.39 is 18.7 Å². The molecule has 0 bridgehead atoms. The van der Waals surface area contributed by atoms with Crippen LogP contribution in [0.5, 0.6) is 5.75 Å². The predicted octanol–water partition coefficient (Wildman–Crippen LogP) is 0.0769. The molecule has 1 atom stereocenters. The smallest absolute Gasteiger partial charge is 0.341 e. The molecule has 1 heterocycles. The van der Waals surface area contributed by atoms with Gasteiger partial charge in [-0.25, -0.2) is 4.79 Å². The Kier molecular flexibility index (Phi) is 4.91. The van der Waals surface area contributed by atoms with Gasteiger partial charge in [0.1, 0.15) is 11.9 Å². The summed E-state index contributed by atoms with van der Waals surface area (Å²) in [7, 11) is 0. The van der Waals surface area contributed by atoms with Gasteiger partial charge in [-0.2, -0.15) is 0 Å². The van der Waals surface area contributed by atoms with Gasteiger partial charge in [0.15, 0.2) is 6.61 Å². The Bertz CT molecular complexity index is 468. The van der Waals surface area contributed by atoms with Crippen molar-refractivity contribution in [1.82, 2.24) is 5.32 Å². The highest BCUT2D eigenvalue weighted by molar-refractivity contribution is 5.94. The SMILES string of the molecule is O=C(O)COc1ccc(NC(=O)C2CNCCO2)cc1. The van der Waals surface area contributed by atoms with E-state index in [1.165, 1.54) is 0 Å². The molecule has 1 fully saturated rings. The zero-order valence-electron chi connectivity index (χ0n) is 10.8. The van der Waals surface area contributed by atoms with Gasteiger partial charge in [0.05, 0.1) is 6.61 Å². The zero-order chi connectivity index (χ0) is 14.4. The highest BCUT2D eigenvalue weighted by Crippen LogP contribution is 2.16. The number of hydrogen-bond donors (Lipinski definition) is 3. The number of amides is 1. The van der Waals surface area contributed by atoms with E-state index in [4.69, 9.17) is 14.6 Å². The van der Waals surface area contributed by atoms with Crippen LogP contribution in [0.15, 0.2) is 24.3 Å². The summed E-state index contributed by atoms with van der Waals surface area (Å²) in [5.41, 5.74) is 0.604. The Morgan fingerprint density at radius 2 is 2.15 bits per heavy atom. The van der Waals surface area contributed by atoms with Crippen molar-refractivity contribution in [3.63, 3.8) is 0 Å². The Morgan fingerprint density at radius 3 is 2.75 bits per heavy atom. The second-order valence-electron chi connectivity index (χ2n) is 4.26. The number of hydrogen-bond acceptors (Lipinski definition) is 5. The summed E-state index contributed by atoms with van der Waals surface area (Å²) in [6.45, 7) is 1.36. The standard InChI is InChI=1S/C13H16N2O5/c16-12(17)8-20-10-3-1-9(2-4-10)15-13(18)11-7-14-5-6-19-11/h1-4,11,14H,5-8H2,(H,15,18)(H,16,17). The molecule has 1 amide bonds. The molecule has 0 aromatic heterocycles. The Hall–Kier alpha value is -2.12. The molecule has 1 aliphatic heterocycles. The largest absolute Gasteiger partial charge is 0.482 e. The van der Waals surface area contributed by atoms with Crippen LogP contribution in [0.25, 0.3) is 0 Å². The molecule has 0 radical (unpaired) electrons. The lowest BCUT2D eigenvalue weighted by molar-refractivity contribution is -0.139. The molecule has 108 valence electrons. The second-order valence-corrected chi connectivity index (χ2v) is 4.26. The maximum atomic E-state index is 11.9. The average molecular weight is 280 g/mol. The Morgan fingerprint density at radius 1 is 1.40 bits per heavy atom. The molecule has 1 aromatic carbocycles. The van der Waals surface area contributed by atoms with Crippen molar-refractivity contribution in [3.8, 4) is 5.75 Å². The number of carboxylic acids is 1. The van der Waals surface area contributed by atoms with Crippen molar-refractivity contribution in [1.29, 1.82) is 0 Å². The van der Waals surface area contributed by atoms with Gasteiger partial charge in [-0.05, 0) is 24.3 Å². The maximum Gasteiger partial charge on any atom is 0.341 e. The lowest BCUT2D eigenvalue weighted by atomic mass is 10.2. The van der Waals surface area contributed by atoms with Crippen molar-refractivity contribution in [2.45, 2.75) is 6.10 Å². The molecule has 1 aromatic rings. The zero-order valence-corrected chi connectivity index (χ0v) is 10.8. The van der Waals surface area contributed by atoms with E-state index >= 15 is 0 Å². The number of carbonyl (C=O) groups is 2. The van der Waals surface area contributed by atoms with Gasteiger partial charge in [-0.1, -0.05) is 0 Å². The topological polar surface area (TPSA) is 96.9 Å². The van der Waals surface area contributed by atoms with E-state index in [1.54, 1.807) is 24.3 Å². The summed E-state index contributed by atoms with van der Waals surface area (Å²) in [6, 6.07) is 6.48. The summed E-state index contributed by atoms with van der Waals surface area (Å²) in [5.74, 6) is -0.818. The quantitative estimate of drug-likeness (QED) is 0.706. The van der Waals surface area contributed by atoms with E-state index in [1.807, 2.05) is 0 Å². The average Bonchev–Trinajstić information content (AvgIpc) is 2.47. The summed E-state index contributed by atoms with van der Waals surface area (Å²) in [5, 5.41) is 14.3. The predicted molar refractivity (Wildman–Crippen MR) is 70.8 cm³/mol. The van der Waals surface area contributed by atoms with Crippen LogP contribution in [-0.4, -0.2) is 49.4 Å². The fourth-order valence-electron chi connectivity index (χ4n) is 1.74. The summed E-state index contributed by atoms with van der Waals surface area (Å²) in [6.07, 6.45) is -0.494. The molecular weight excluding hydrogens is 264 g/mol. The van der Waals surface area contributed by atoms with Gasteiger partial charge in [0.2, 0.25) is 0 Å². The molecule has 1 aliphatic rings. The van der Waals surface area contributed by atoms with Crippen LogP contribution in [0.4, 0.5) is 5.69 Å². The minimum absolute atomic E-state index is 0.212. The number of nitrogens with one attached hydrogen (secondary N) is 2.